The fourth-order valence-electron chi connectivity index (χ4n) is 0.830. The van der Waals surface area contributed by atoms with Gasteiger partial charge in [0.25, 0.3) is 0 Å². The van der Waals surface area contributed by atoms with Crippen LogP contribution in [0.15, 0.2) is 10.9 Å². The summed E-state index contributed by atoms with van der Waals surface area (Å²) in [5, 5.41) is 5.29. The molecule has 0 fully saturated rings. The van der Waals surface area contributed by atoms with Gasteiger partial charge in [0, 0.05) is 25.1 Å². The smallest absolute Gasteiger partial charge is 0.0795 e. The van der Waals surface area contributed by atoms with Crippen molar-refractivity contribution in [1.29, 1.82) is 0 Å². The Morgan fingerprint density at radius 2 is 2.58 bits per heavy atom. The number of nitrogens with zero attached hydrogens (tertiary/aromatic N) is 1. The van der Waals surface area contributed by atoms with Crippen LogP contribution in [-0.4, -0.2) is 24.7 Å². The van der Waals surface area contributed by atoms with Crippen LogP contribution >= 0.6 is 11.3 Å². The zero-order chi connectivity index (χ0) is 8.65. The SMILES string of the molecule is CCOCCNCc1cscn1. The topological polar surface area (TPSA) is 34.1 Å². The maximum Gasteiger partial charge on any atom is 0.0795 e. The number of hydrogen-bond donors (Lipinski definition) is 1. The molecule has 0 saturated carbocycles. The summed E-state index contributed by atoms with van der Waals surface area (Å²) in [6, 6.07) is 0. The van der Waals surface area contributed by atoms with Crippen LogP contribution in [-0.2, 0) is 11.3 Å². The van der Waals surface area contributed by atoms with Crippen LogP contribution in [0.2, 0.25) is 0 Å². The summed E-state index contributed by atoms with van der Waals surface area (Å²) in [6.07, 6.45) is 0. The highest BCUT2D eigenvalue weighted by Crippen LogP contribution is 1.99. The van der Waals surface area contributed by atoms with Crippen LogP contribution in [0.1, 0.15) is 12.6 Å². The molecule has 4 heteroatoms. The number of thiazole rings is 1. The highest BCUT2D eigenvalue weighted by molar-refractivity contribution is 7.07. The molecule has 1 aromatic rings. The molecule has 3 nitrogen and oxygen atoms in total. The van der Waals surface area contributed by atoms with Crippen LogP contribution in [0, 0.1) is 0 Å². The third kappa shape index (κ3) is 3.80. The third-order valence-electron chi connectivity index (χ3n) is 1.42. The van der Waals surface area contributed by atoms with Crippen molar-refractivity contribution in [3.8, 4) is 0 Å². The number of ether oxygens (including phenoxy) is 1. The van der Waals surface area contributed by atoms with Crippen molar-refractivity contribution in [1.82, 2.24) is 10.3 Å². The molecule has 0 bridgehead atoms. The first kappa shape index (κ1) is 9.64. The van der Waals surface area contributed by atoms with Crippen LogP contribution in [0.5, 0.6) is 0 Å². The normalized spacial score (nSPS) is 10.4. The van der Waals surface area contributed by atoms with E-state index in [4.69, 9.17) is 4.74 Å². The Kier molecular flexibility index (Phi) is 4.91. The second kappa shape index (κ2) is 6.11. The summed E-state index contributed by atoms with van der Waals surface area (Å²) in [5.74, 6) is 0. The predicted molar refractivity (Wildman–Crippen MR) is 50.3 cm³/mol. The lowest BCUT2D eigenvalue weighted by molar-refractivity contribution is 0.149. The minimum absolute atomic E-state index is 0.778. The van der Waals surface area contributed by atoms with E-state index in [1.54, 1.807) is 11.3 Å². The van der Waals surface area contributed by atoms with E-state index in [1.165, 1.54) is 0 Å². The second-order valence-electron chi connectivity index (χ2n) is 2.35. The first-order valence-corrected chi connectivity index (χ1v) is 5.03. The molecule has 1 aromatic heterocycles. The average molecular weight is 186 g/mol. The lowest BCUT2D eigenvalue weighted by atomic mass is 10.5. The minimum Gasteiger partial charge on any atom is -0.380 e. The van der Waals surface area contributed by atoms with Gasteiger partial charge in [0.15, 0.2) is 0 Å². The van der Waals surface area contributed by atoms with E-state index in [0.717, 1.165) is 32.0 Å². The molecule has 68 valence electrons. The van der Waals surface area contributed by atoms with Gasteiger partial charge in [-0.05, 0) is 6.92 Å². The Hall–Kier alpha value is -0.450. The van der Waals surface area contributed by atoms with Crippen molar-refractivity contribution in [2.24, 2.45) is 0 Å². The van der Waals surface area contributed by atoms with Gasteiger partial charge in [-0.15, -0.1) is 11.3 Å². The maximum absolute atomic E-state index is 5.17. The van der Waals surface area contributed by atoms with E-state index >= 15 is 0 Å². The van der Waals surface area contributed by atoms with E-state index in [-0.39, 0.29) is 0 Å². The molecule has 0 unspecified atom stereocenters. The van der Waals surface area contributed by atoms with E-state index in [1.807, 2.05) is 17.8 Å². The molecule has 12 heavy (non-hydrogen) atoms. The number of aromatic nitrogens is 1. The van der Waals surface area contributed by atoms with Crippen LogP contribution < -0.4 is 5.32 Å². The molecule has 1 heterocycles. The van der Waals surface area contributed by atoms with Gasteiger partial charge < -0.3 is 10.1 Å². The number of hydrogen-bond acceptors (Lipinski definition) is 4. The molecule has 0 saturated heterocycles. The minimum atomic E-state index is 0.778. The van der Waals surface area contributed by atoms with Gasteiger partial charge in [0.05, 0.1) is 17.8 Å². The molecule has 0 aliphatic heterocycles. The summed E-state index contributed by atoms with van der Waals surface area (Å²) in [6.45, 7) is 5.31. The first-order valence-electron chi connectivity index (χ1n) is 4.09. The van der Waals surface area contributed by atoms with Gasteiger partial charge in [0.2, 0.25) is 0 Å². The zero-order valence-electron chi connectivity index (χ0n) is 7.25. The van der Waals surface area contributed by atoms with Crippen molar-refractivity contribution in [3.63, 3.8) is 0 Å². The van der Waals surface area contributed by atoms with E-state index < -0.39 is 0 Å². The van der Waals surface area contributed by atoms with Crippen molar-refractivity contribution < 1.29 is 4.74 Å². The van der Waals surface area contributed by atoms with Crippen molar-refractivity contribution in [2.75, 3.05) is 19.8 Å². The van der Waals surface area contributed by atoms with Gasteiger partial charge in [-0.1, -0.05) is 0 Å². The summed E-state index contributed by atoms with van der Waals surface area (Å²) < 4.78 is 5.17. The van der Waals surface area contributed by atoms with Crippen LogP contribution in [0.4, 0.5) is 0 Å². The molecular formula is C8H14N2OS. The van der Waals surface area contributed by atoms with Gasteiger partial charge in [0.1, 0.15) is 0 Å². The van der Waals surface area contributed by atoms with Crippen molar-refractivity contribution >= 4 is 11.3 Å². The number of nitrogens with one attached hydrogen (secondary N) is 1. The van der Waals surface area contributed by atoms with E-state index in [2.05, 4.69) is 10.3 Å². The molecule has 0 aromatic carbocycles. The quantitative estimate of drug-likeness (QED) is 0.679. The Morgan fingerprint density at radius 3 is 3.25 bits per heavy atom. The highest BCUT2D eigenvalue weighted by Gasteiger charge is 1.92. The Balaban J connectivity index is 1.96. The molecular weight excluding hydrogens is 172 g/mol. The Bertz CT molecular complexity index is 189. The van der Waals surface area contributed by atoms with Crippen LogP contribution in [0.3, 0.4) is 0 Å². The fraction of sp³-hybridized carbons (Fsp3) is 0.625. The fourth-order valence-corrected chi connectivity index (χ4v) is 1.39. The molecule has 0 spiro atoms. The standard InChI is InChI=1S/C8H14N2OS/c1-2-11-4-3-9-5-8-6-12-7-10-8/h6-7,9H,2-5H2,1H3. The van der Waals surface area contributed by atoms with Crippen molar-refractivity contribution in [3.05, 3.63) is 16.6 Å². The van der Waals surface area contributed by atoms with Gasteiger partial charge in [-0.25, -0.2) is 4.98 Å². The van der Waals surface area contributed by atoms with Gasteiger partial charge in [-0.2, -0.15) is 0 Å². The molecule has 1 rings (SSSR count). The predicted octanol–water partition coefficient (Wildman–Crippen LogP) is 1.27. The van der Waals surface area contributed by atoms with E-state index in [0.29, 0.717) is 0 Å². The van der Waals surface area contributed by atoms with Gasteiger partial charge >= 0.3 is 0 Å². The molecule has 0 radical (unpaired) electrons. The highest BCUT2D eigenvalue weighted by atomic mass is 32.1. The van der Waals surface area contributed by atoms with Crippen LogP contribution in [0.25, 0.3) is 0 Å². The monoisotopic (exact) mass is 186 g/mol. The largest absolute Gasteiger partial charge is 0.380 e. The molecule has 1 N–H and O–H groups in total. The lowest BCUT2D eigenvalue weighted by Crippen LogP contribution is -2.19. The zero-order valence-corrected chi connectivity index (χ0v) is 8.06. The number of rotatable bonds is 6. The van der Waals surface area contributed by atoms with Gasteiger partial charge in [-0.3, -0.25) is 0 Å². The molecule has 0 aliphatic rings. The third-order valence-corrected chi connectivity index (χ3v) is 2.05. The summed E-state index contributed by atoms with van der Waals surface area (Å²) in [7, 11) is 0. The summed E-state index contributed by atoms with van der Waals surface area (Å²) >= 11 is 1.63. The molecule has 0 amide bonds. The Morgan fingerprint density at radius 1 is 1.67 bits per heavy atom. The molecule has 0 atom stereocenters. The Labute approximate surface area is 76.8 Å². The first-order chi connectivity index (χ1) is 5.93. The summed E-state index contributed by atoms with van der Waals surface area (Å²) in [5.41, 5.74) is 2.95. The second-order valence-corrected chi connectivity index (χ2v) is 3.07. The summed E-state index contributed by atoms with van der Waals surface area (Å²) in [4.78, 5) is 4.15. The average Bonchev–Trinajstić information content (AvgIpc) is 2.57. The maximum atomic E-state index is 5.17. The molecule has 0 aliphatic carbocycles. The lowest BCUT2D eigenvalue weighted by Gasteiger charge is -2.01. The van der Waals surface area contributed by atoms with Crippen molar-refractivity contribution in [2.45, 2.75) is 13.5 Å². The van der Waals surface area contributed by atoms with E-state index in [9.17, 15) is 0 Å².